The molecule has 1 aliphatic heterocycles. The van der Waals surface area contributed by atoms with E-state index < -0.39 is 4.92 Å². The Morgan fingerprint density at radius 1 is 1.23 bits per heavy atom. The Labute approximate surface area is 176 Å². The minimum Gasteiger partial charge on any atom is -0.457 e. The van der Waals surface area contributed by atoms with Crippen molar-refractivity contribution in [1.82, 2.24) is 9.88 Å². The van der Waals surface area contributed by atoms with E-state index >= 15 is 0 Å². The van der Waals surface area contributed by atoms with E-state index in [4.69, 9.17) is 4.42 Å². The summed E-state index contributed by atoms with van der Waals surface area (Å²) < 4.78 is 5.80. The summed E-state index contributed by atoms with van der Waals surface area (Å²) in [5.74, 6) is 1.32. The summed E-state index contributed by atoms with van der Waals surface area (Å²) in [5.41, 5.74) is 0.575. The van der Waals surface area contributed by atoms with E-state index in [-0.39, 0.29) is 11.6 Å². The average Bonchev–Trinajstić information content (AvgIpc) is 3.34. The van der Waals surface area contributed by atoms with Gasteiger partial charge in [-0.15, -0.1) is 0 Å². The topological polar surface area (TPSA) is 102 Å². The Hall–Kier alpha value is -3.72. The third-order valence-corrected chi connectivity index (χ3v) is 5.31. The van der Waals surface area contributed by atoms with E-state index in [2.05, 4.69) is 9.98 Å². The van der Waals surface area contributed by atoms with Crippen LogP contribution < -0.4 is 0 Å². The number of likely N-dealkylation sites (N-methyl/N-ethyl adjacent to an activating group) is 1. The maximum atomic E-state index is 12.8. The number of aliphatic imine (C=N–C) groups is 1. The molecule has 30 heavy (non-hydrogen) atoms. The number of benzene rings is 1. The van der Waals surface area contributed by atoms with Gasteiger partial charge in [0.25, 0.3) is 11.6 Å². The first kappa shape index (κ1) is 19.6. The van der Waals surface area contributed by atoms with Crippen molar-refractivity contribution in [3.8, 4) is 11.3 Å². The van der Waals surface area contributed by atoms with Crippen LogP contribution in [-0.2, 0) is 4.79 Å². The number of hydrogen-bond acceptors (Lipinski definition) is 7. The summed E-state index contributed by atoms with van der Waals surface area (Å²) in [4.78, 5) is 34.0. The number of nitro benzene ring substituents is 1. The molecule has 1 amide bonds. The fourth-order valence-corrected chi connectivity index (χ4v) is 3.91. The van der Waals surface area contributed by atoms with E-state index in [0.717, 1.165) is 0 Å². The van der Waals surface area contributed by atoms with Gasteiger partial charge < -0.3 is 4.42 Å². The van der Waals surface area contributed by atoms with Gasteiger partial charge in [-0.2, -0.15) is 0 Å². The van der Waals surface area contributed by atoms with Crippen LogP contribution in [0.3, 0.4) is 0 Å². The molecule has 1 fully saturated rings. The lowest BCUT2D eigenvalue weighted by Gasteiger charge is -2.11. The van der Waals surface area contributed by atoms with E-state index in [1.165, 1.54) is 23.9 Å². The first-order valence-corrected chi connectivity index (χ1v) is 9.92. The van der Waals surface area contributed by atoms with Gasteiger partial charge in [-0.25, -0.2) is 9.98 Å². The molecule has 0 N–H and O–H groups in total. The fraction of sp³-hybridized carbons (Fsp3) is 0.0952. The lowest BCUT2D eigenvalue weighted by atomic mass is 10.1. The molecule has 0 bridgehead atoms. The van der Waals surface area contributed by atoms with E-state index in [1.54, 1.807) is 53.6 Å². The Balaban J connectivity index is 1.61. The van der Waals surface area contributed by atoms with Gasteiger partial charge in [0.1, 0.15) is 11.5 Å². The smallest absolute Gasteiger partial charge is 0.270 e. The monoisotopic (exact) mass is 420 g/mol. The van der Waals surface area contributed by atoms with Crippen LogP contribution in [0.15, 0.2) is 75.1 Å². The molecule has 1 saturated heterocycles. The summed E-state index contributed by atoms with van der Waals surface area (Å²) in [6, 6.07) is 15.0. The Morgan fingerprint density at radius 2 is 2.10 bits per heavy atom. The third kappa shape index (κ3) is 4.01. The molecular weight excluding hydrogens is 404 g/mol. The van der Waals surface area contributed by atoms with Crippen LogP contribution in [-0.4, -0.2) is 32.4 Å². The molecule has 150 valence electrons. The lowest BCUT2D eigenvalue weighted by Crippen LogP contribution is -2.28. The summed E-state index contributed by atoms with van der Waals surface area (Å²) in [6.07, 6.45) is 3.30. The minimum atomic E-state index is -0.453. The molecule has 2 aromatic heterocycles. The average molecular weight is 420 g/mol. The minimum absolute atomic E-state index is 0.0145. The highest BCUT2D eigenvalue weighted by Crippen LogP contribution is 2.34. The van der Waals surface area contributed by atoms with Gasteiger partial charge in [-0.3, -0.25) is 19.8 Å². The molecule has 0 aliphatic carbocycles. The summed E-state index contributed by atoms with van der Waals surface area (Å²) in [5, 5.41) is 11.5. The van der Waals surface area contributed by atoms with Crippen molar-refractivity contribution < 1.29 is 14.1 Å². The number of pyridine rings is 1. The SMILES string of the molecule is CCN1C(=O)/C(=C\c2ccc(-c3cccc([N+](=O)[O-])c3)o2)S/C1=N/c1ccccn1. The van der Waals surface area contributed by atoms with Gasteiger partial charge in [-0.1, -0.05) is 18.2 Å². The Kier molecular flexibility index (Phi) is 5.44. The fourth-order valence-electron chi connectivity index (χ4n) is 2.88. The molecule has 0 radical (unpaired) electrons. The molecular formula is C21H16N4O4S. The number of rotatable bonds is 5. The van der Waals surface area contributed by atoms with Gasteiger partial charge in [0.05, 0.1) is 9.83 Å². The van der Waals surface area contributed by atoms with Crippen LogP contribution in [0.25, 0.3) is 17.4 Å². The first-order chi connectivity index (χ1) is 14.5. The Morgan fingerprint density at radius 3 is 2.83 bits per heavy atom. The van der Waals surface area contributed by atoms with Crippen molar-refractivity contribution in [2.75, 3.05) is 6.54 Å². The van der Waals surface area contributed by atoms with Crippen molar-refractivity contribution in [3.63, 3.8) is 0 Å². The lowest BCUT2D eigenvalue weighted by molar-refractivity contribution is -0.384. The molecule has 0 unspecified atom stereocenters. The van der Waals surface area contributed by atoms with Crippen LogP contribution >= 0.6 is 11.8 Å². The number of aromatic nitrogens is 1. The third-order valence-electron chi connectivity index (χ3n) is 4.31. The number of amides is 1. The first-order valence-electron chi connectivity index (χ1n) is 9.11. The zero-order valence-electron chi connectivity index (χ0n) is 15.9. The van der Waals surface area contributed by atoms with Crippen LogP contribution in [0.4, 0.5) is 11.5 Å². The van der Waals surface area contributed by atoms with Crippen molar-refractivity contribution in [1.29, 1.82) is 0 Å². The van der Waals surface area contributed by atoms with E-state index in [1.807, 2.05) is 13.0 Å². The molecule has 9 heteroatoms. The van der Waals surface area contributed by atoms with E-state index in [9.17, 15) is 14.9 Å². The quantitative estimate of drug-likeness (QED) is 0.331. The number of nitro groups is 1. The molecule has 1 aliphatic rings. The van der Waals surface area contributed by atoms with Crippen molar-refractivity contribution >= 4 is 40.4 Å². The molecule has 0 spiro atoms. The maximum Gasteiger partial charge on any atom is 0.270 e. The summed E-state index contributed by atoms with van der Waals surface area (Å²) >= 11 is 1.25. The van der Waals surface area contributed by atoms with Gasteiger partial charge in [0.15, 0.2) is 11.0 Å². The number of hydrogen-bond donors (Lipinski definition) is 0. The molecule has 3 aromatic rings. The number of carbonyl (C=O) groups is 1. The largest absolute Gasteiger partial charge is 0.457 e. The van der Waals surface area contributed by atoms with Gasteiger partial charge in [-0.05, 0) is 43.0 Å². The second-order valence-corrected chi connectivity index (χ2v) is 7.26. The standard InChI is InChI=1S/C21H16N4O4S/c1-2-24-20(26)18(30-21(24)23-19-8-3-4-11-22-19)13-16-9-10-17(29-16)14-6-5-7-15(12-14)25(27)28/h3-13H,2H2,1H3/b18-13+,23-21+. The highest BCUT2D eigenvalue weighted by molar-refractivity contribution is 8.18. The second kappa shape index (κ2) is 8.34. The zero-order chi connectivity index (χ0) is 21.1. The highest BCUT2D eigenvalue weighted by atomic mass is 32.2. The number of nitrogens with zero attached hydrogens (tertiary/aromatic N) is 4. The normalized spacial score (nSPS) is 16.6. The number of non-ortho nitro benzene ring substituents is 1. The van der Waals surface area contributed by atoms with Gasteiger partial charge in [0, 0.05) is 36.5 Å². The summed E-state index contributed by atoms with van der Waals surface area (Å²) in [6.45, 7) is 2.36. The molecule has 0 atom stereocenters. The van der Waals surface area contributed by atoms with Gasteiger partial charge >= 0.3 is 0 Å². The summed E-state index contributed by atoms with van der Waals surface area (Å²) in [7, 11) is 0. The number of amidine groups is 1. The number of furan rings is 1. The van der Waals surface area contributed by atoms with Crippen LogP contribution in [0.5, 0.6) is 0 Å². The van der Waals surface area contributed by atoms with Crippen molar-refractivity contribution in [2.24, 2.45) is 4.99 Å². The zero-order valence-corrected chi connectivity index (χ0v) is 16.7. The molecule has 3 heterocycles. The predicted molar refractivity (Wildman–Crippen MR) is 115 cm³/mol. The molecule has 0 saturated carbocycles. The van der Waals surface area contributed by atoms with Crippen LogP contribution in [0, 0.1) is 10.1 Å². The van der Waals surface area contributed by atoms with Crippen molar-refractivity contribution in [2.45, 2.75) is 6.92 Å². The number of carbonyl (C=O) groups excluding carboxylic acids is 1. The number of thioether (sulfide) groups is 1. The van der Waals surface area contributed by atoms with E-state index in [0.29, 0.717) is 39.5 Å². The Bertz CT molecular complexity index is 1170. The highest BCUT2D eigenvalue weighted by Gasteiger charge is 2.32. The molecule has 8 nitrogen and oxygen atoms in total. The van der Waals surface area contributed by atoms with Gasteiger partial charge in [0.2, 0.25) is 0 Å². The molecule has 1 aromatic carbocycles. The second-order valence-electron chi connectivity index (χ2n) is 6.25. The molecule has 4 rings (SSSR count). The predicted octanol–water partition coefficient (Wildman–Crippen LogP) is 4.87. The van der Waals surface area contributed by atoms with Crippen LogP contribution in [0.1, 0.15) is 12.7 Å². The van der Waals surface area contributed by atoms with Crippen LogP contribution in [0.2, 0.25) is 0 Å². The van der Waals surface area contributed by atoms with Crippen molar-refractivity contribution in [3.05, 3.63) is 81.6 Å². The maximum absolute atomic E-state index is 12.8.